The Kier molecular flexibility index (Phi) is 3.72. The van der Waals surface area contributed by atoms with Crippen LogP contribution in [-0.2, 0) is 0 Å². The van der Waals surface area contributed by atoms with E-state index >= 15 is 0 Å². The highest BCUT2D eigenvalue weighted by atomic mass is 32.1. The summed E-state index contributed by atoms with van der Waals surface area (Å²) in [6.45, 7) is -2.89. The van der Waals surface area contributed by atoms with Crippen molar-refractivity contribution in [2.24, 2.45) is 0 Å². The van der Waals surface area contributed by atoms with Gasteiger partial charge < -0.3 is 9.72 Å². The van der Waals surface area contributed by atoms with Crippen molar-refractivity contribution < 1.29 is 13.5 Å². The summed E-state index contributed by atoms with van der Waals surface area (Å²) in [6.07, 6.45) is 0. The molecule has 0 aliphatic heterocycles. The van der Waals surface area contributed by atoms with E-state index in [0.717, 1.165) is 0 Å². The Morgan fingerprint density at radius 1 is 1.09 bits per heavy atom. The first kappa shape index (κ1) is 14.4. The van der Waals surface area contributed by atoms with Crippen LogP contribution in [0, 0.1) is 4.77 Å². The lowest BCUT2D eigenvalue weighted by molar-refractivity contribution is -0.0498. The molecule has 0 fully saturated rings. The molecule has 3 rings (SSSR count). The third-order valence-corrected chi connectivity index (χ3v) is 3.41. The highest BCUT2D eigenvalue weighted by molar-refractivity contribution is 7.71. The number of nitrogens with one attached hydrogen (secondary N) is 1. The maximum absolute atomic E-state index is 12.5. The number of hydrogen-bond donors (Lipinski definition) is 1. The van der Waals surface area contributed by atoms with Crippen molar-refractivity contribution in [1.29, 1.82) is 0 Å². The van der Waals surface area contributed by atoms with E-state index in [1.807, 2.05) is 0 Å². The second kappa shape index (κ2) is 5.69. The van der Waals surface area contributed by atoms with Crippen LogP contribution in [0.2, 0.25) is 0 Å². The number of aromatic amines is 1. The van der Waals surface area contributed by atoms with E-state index in [4.69, 9.17) is 12.2 Å². The summed E-state index contributed by atoms with van der Waals surface area (Å²) in [7, 11) is 0. The SMILES string of the molecule is O=c1c2ccccc2[nH]c(=S)n1-c1ccc(OC(F)F)cc1. The Hall–Kier alpha value is -2.54. The number of aromatic nitrogens is 2. The predicted molar refractivity (Wildman–Crippen MR) is 81.4 cm³/mol. The Labute approximate surface area is 128 Å². The average molecular weight is 320 g/mol. The van der Waals surface area contributed by atoms with Crippen molar-refractivity contribution >= 4 is 23.1 Å². The Balaban J connectivity index is 2.14. The van der Waals surface area contributed by atoms with Crippen molar-refractivity contribution in [3.63, 3.8) is 0 Å². The van der Waals surface area contributed by atoms with Crippen molar-refractivity contribution in [2.75, 3.05) is 0 Å². The molecule has 0 atom stereocenters. The molecule has 0 spiro atoms. The van der Waals surface area contributed by atoms with Crippen LogP contribution in [-0.4, -0.2) is 16.2 Å². The first-order valence-corrected chi connectivity index (χ1v) is 6.76. The van der Waals surface area contributed by atoms with E-state index in [-0.39, 0.29) is 16.1 Å². The summed E-state index contributed by atoms with van der Waals surface area (Å²) < 4.78 is 30.1. The first-order chi connectivity index (χ1) is 10.6. The fourth-order valence-electron chi connectivity index (χ4n) is 2.17. The van der Waals surface area contributed by atoms with Crippen LogP contribution in [0.5, 0.6) is 5.75 Å². The van der Waals surface area contributed by atoms with Crippen molar-refractivity contribution in [1.82, 2.24) is 9.55 Å². The number of alkyl halides is 2. The molecule has 0 saturated carbocycles. The molecule has 0 saturated heterocycles. The second-order valence-corrected chi connectivity index (χ2v) is 4.88. The number of nitrogens with zero attached hydrogens (tertiary/aromatic N) is 1. The molecule has 0 aliphatic carbocycles. The molecule has 3 aromatic rings. The maximum atomic E-state index is 12.5. The molecule has 0 amide bonds. The van der Waals surface area contributed by atoms with Gasteiger partial charge in [-0.05, 0) is 48.6 Å². The van der Waals surface area contributed by atoms with Gasteiger partial charge in [-0.25, -0.2) is 0 Å². The number of benzene rings is 2. The van der Waals surface area contributed by atoms with E-state index in [9.17, 15) is 13.6 Å². The molecule has 7 heteroatoms. The Bertz CT molecular complexity index is 933. The number of fused-ring (bicyclic) bond motifs is 1. The zero-order valence-electron chi connectivity index (χ0n) is 11.1. The molecule has 0 radical (unpaired) electrons. The Morgan fingerprint density at radius 2 is 1.77 bits per heavy atom. The predicted octanol–water partition coefficient (Wildman–Crippen LogP) is 3.65. The van der Waals surface area contributed by atoms with Gasteiger partial charge in [-0.3, -0.25) is 9.36 Å². The summed E-state index contributed by atoms with van der Waals surface area (Å²) in [5.74, 6) is 0.0162. The van der Waals surface area contributed by atoms with Crippen LogP contribution in [0.1, 0.15) is 0 Å². The number of para-hydroxylation sites is 1. The van der Waals surface area contributed by atoms with Gasteiger partial charge in [0.15, 0.2) is 4.77 Å². The molecule has 0 unspecified atom stereocenters. The van der Waals surface area contributed by atoms with Gasteiger partial charge in [0, 0.05) is 0 Å². The number of ether oxygens (including phenoxy) is 1. The zero-order valence-corrected chi connectivity index (χ0v) is 11.9. The highest BCUT2D eigenvalue weighted by Crippen LogP contribution is 2.17. The fraction of sp³-hybridized carbons (Fsp3) is 0.0667. The van der Waals surface area contributed by atoms with Crippen LogP contribution < -0.4 is 10.3 Å². The van der Waals surface area contributed by atoms with Crippen LogP contribution >= 0.6 is 12.2 Å². The van der Waals surface area contributed by atoms with Crippen molar-refractivity contribution in [2.45, 2.75) is 6.61 Å². The number of rotatable bonds is 3. The molecular weight excluding hydrogens is 310 g/mol. The largest absolute Gasteiger partial charge is 0.435 e. The fourth-order valence-corrected chi connectivity index (χ4v) is 2.47. The van der Waals surface area contributed by atoms with Gasteiger partial charge in [0.05, 0.1) is 16.6 Å². The van der Waals surface area contributed by atoms with Crippen LogP contribution in [0.3, 0.4) is 0 Å². The zero-order chi connectivity index (χ0) is 15.7. The normalized spacial score (nSPS) is 11.0. The molecule has 0 bridgehead atoms. The second-order valence-electron chi connectivity index (χ2n) is 4.49. The summed E-state index contributed by atoms with van der Waals surface area (Å²) in [5, 5.41) is 0.490. The van der Waals surface area contributed by atoms with Crippen molar-refractivity contribution in [3.05, 3.63) is 63.7 Å². The van der Waals surface area contributed by atoms with E-state index in [1.165, 1.54) is 28.8 Å². The van der Waals surface area contributed by atoms with Gasteiger partial charge >= 0.3 is 6.61 Å². The minimum Gasteiger partial charge on any atom is -0.435 e. The third kappa shape index (κ3) is 2.62. The average Bonchev–Trinajstić information content (AvgIpc) is 2.48. The van der Waals surface area contributed by atoms with Gasteiger partial charge in [-0.1, -0.05) is 12.1 Å². The van der Waals surface area contributed by atoms with E-state index in [2.05, 4.69) is 9.72 Å². The third-order valence-electron chi connectivity index (χ3n) is 3.13. The van der Waals surface area contributed by atoms with Crippen LogP contribution in [0.4, 0.5) is 8.78 Å². The molecule has 0 aliphatic rings. The van der Waals surface area contributed by atoms with Gasteiger partial charge in [0.1, 0.15) is 5.75 Å². The smallest absolute Gasteiger partial charge is 0.387 e. The summed E-state index contributed by atoms with van der Waals surface area (Å²) in [5.41, 5.74) is 0.840. The lowest BCUT2D eigenvalue weighted by atomic mass is 10.2. The highest BCUT2D eigenvalue weighted by Gasteiger charge is 2.08. The van der Waals surface area contributed by atoms with Gasteiger partial charge in [0.2, 0.25) is 0 Å². The Morgan fingerprint density at radius 3 is 2.45 bits per heavy atom. The standard InChI is InChI=1S/C15H10F2N2O2S/c16-14(17)21-10-7-5-9(6-8-10)19-13(20)11-3-1-2-4-12(11)18-15(19)22/h1-8,14H,(H,18,22). The molecule has 1 N–H and O–H groups in total. The summed E-state index contributed by atoms with van der Waals surface area (Å²) >= 11 is 5.21. The first-order valence-electron chi connectivity index (χ1n) is 6.35. The van der Waals surface area contributed by atoms with E-state index < -0.39 is 6.61 Å². The van der Waals surface area contributed by atoms with Gasteiger partial charge in [-0.2, -0.15) is 8.78 Å². The summed E-state index contributed by atoms with van der Waals surface area (Å²) in [4.78, 5) is 15.5. The summed E-state index contributed by atoms with van der Waals surface area (Å²) in [6, 6.07) is 12.7. The monoisotopic (exact) mass is 320 g/mol. The molecule has 22 heavy (non-hydrogen) atoms. The lowest BCUT2D eigenvalue weighted by Crippen LogP contribution is -2.20. The molecule has 1 heterocycles. The number of hydrogen-bond acceptors (Lipinski definition) is 3. The minimum absolute atomic E-state index is 0.0162. The minimum atomic E-state index is -2.89. The molecule has 1 aromatic heterocycles. The molecule has 112 valence electrons. The topological polar surface area (TPSA) is 47.0 Å². The van der Waals surface area contributed by atoms with E-state index in [0.29, 0.717) is 16.6 Å². The van der Waals surface area contributed by atoms with Gasteiger partial charge in [-0.15, -0.1) is 0 Å². The van der Waals surface area contributed by atoms with Crippen LogP contribution in [0.25, 0.3) is 16.6 Å². The number of halogens is 2. The van der Waals surface area contributed by atoms with E-state index in [1.54, 1.807) is 24.3 Å². The molecule has 2 aromatic carbocycles. The number of H-pyrrole nitrogens is 1. The molecular formula is C15H10F2N2O2S. The quantitative estimate of drug-likeness (QED) is 0.749. The van der Waals surface area contributed by atoms with Gasteiger partial charge in [0.25, 0.3) is 5.56 Å². The lowest BCUT2D eigenvalue weighted by Gasteiger charge is -2.09. The maximum Gasteiger partial charge on any atom is 0.387 e. The molecule has 4 nitrogen and oxygen atoms in total. The van der Waals surface area contributed by atoms with Crippen LogP contribution in [0.15, 0.2) is 53.3 Å². The van der Waals surface area contributed by atoms with Crippen molar-refractivity contribution in [3.8, 4) is 11.4 Å².